The van der Waals surface area contributed by atoms with Crippen LogP contribution < -0.4 is 11.3 Å². The van der Waals surface area contributed by atoms with Gasteiger partial charge in [0.1, 0.15) is 12.1 Å². The smallest absolute Gasteiger partial charge is 0.259 e. The predicted octanol–water partition coefficient (Wildman–Crippen LogP) is 3.76. The van der Waals surface area contributed by atoms with Crippen LogP contribution in [0.1, 0.15) is 55.6 Å². The lowest BCUT2D eigenvalue weighted by atomic mass is 10.0. The summed E-state index contributed by atoms with van der Waals surface area (Å²) in [5.74, 6) is 0.449. The van der Waals surface area contributed by atoms with Gasteiger partial charge in [0.2, 0.25) is 0 Å². The van der Waals surface area contributed by atoms with Gasteiger partial charge in [-0.25, -0.2) is 14.6 Å². The van der Waals surface area contributed by atoms with E-state index in [2.05, 4.69) is 16.0 Å². The van der Waals surface area contributed by atoms with E-state index >= 15 is 0 Å². The van der Waals surface area contributed by atoms with Crippen molar-refractivity contribution in [3.63, 3.8) is 0 Å². The van der Waals surface area contributed by atoms with Crippen LogP contribution in [0.15, 0.2) is 35.4 Å². The number of nitrogen functional groups attached to an aromatic ring is 1. The summed E-state index contributed by atoms with van der Waals surface area (Å²) >= 11 is 0. The third-order valence-corrected chi connectivity index (χ3v) is 6.34. The molecule has 0 atom stereocenters. The minimum absolute atomic E-state index is 0.105. The van der Waals surface area contributed by atoms with Gasteiger partial charge in [-0.3, -0.25) is 4.79 Å². The fourth-order valence-corrected chi connectivity index (χ4v) is 4.90. The first-order valence-corrected chi connectivity index (χ1v) is 10.7. The number of aromatic nitrogens is 5. The van der Waals surface area contributed by atoms with Crippen molar-refractivity contribution in [2.24, 2.45) is 0 Å². The van der Waals surface area contributed by atoms with E-state index in [1.165, 1.54) is 6.33 Å². The van der Waals surface area contributed by atoms with Crippen molar-refractivity contribution in [1.82, 2.24) is 24.3 Å². The zero-order valence-corrected chi connectivity index (χ0v) is 17.4. The normalized spacial score (nSPS) is 14.9. The molecule has 7 heteroatoms. The summed E-state index contributed by atoms with van der Waals surface area (Å²) in [6, 6.07) is 8.42. The predicted molar refractivity (Wildman–Crippen MR) is 119 cm³/mol. The molecule has 1 saturated carbocycles. The third kappa shape index (κ3) is 2.88. The first-order chi connectivity index (χ1) is 14.6. The number of pyridine rings is 1. The highest BCUT2D eigenvalue weighted by molar-refractivity contribution is 5.88. The van der Waals surface area contributed by atoms with Gasteiger partial charge in [0, 0.05) is 11.7 Å². The van der Waals surface area contributed by atoms with Crippen LogP contribution >= 0.6 is 0 Å². The number of nitrogens with two attached hydrogens (primary N) is 1. The van der Waals surface area contributed by atoms with Crippen LogP contribution in [0, 0.1) is 6.92 Å². The van der Waals surface area contributed by atoms with Crippen molar-refractivity contribution in [2.75, 3.05) is 5.73 Å². The Kier molecular flexibility index (Phi) is 4.53. The Bertz CT molecular complexity index is 1310. The summed E-state index contributed by atoms with van der Waals surface area (Å²) in [5.41, 5.74) is 9.82. The molecule has 0 radical (unpaired) electrons. The molecule has 5 rings (SSSR count). The molecule has 154 valence electrons. The third-order valence-electron chi connectivity index (χ3n) is 6.34. The van der Waals surface area contributed by atoms with E-state index in [-0.39, 0.29) is 11.6 Å². The number of hydrogen-bond donors (Lipinski definition) is 1. The number of fused-ring (bicyclic) bond motifs is 2. The molecule has 0 saturated heterocycles. The van der Waals surface area contributed by atoms with Crippen molar-refractivity contribution in [3.8, 4) is 0 Å². The first kappa shape index (κ1) is 18.8. The largest absolute Gasteiger partial charge is 0.383 e. The second-order valence-electron chi connectivity index (χ2n) is 8.20. The Morgan fingerprint density at radius 2 is 1.97 bits per heavy atom. The Morgan fingerprint density at radius 1 is 1.17 bits per heavy atom. The zero-order valence-electron chi connectivity index (χ0n) is 17.4. The summed E-state index contributed by atoms with van der Waals surface area (Å²) in [4.78, 5) is 22.2. The summed E-state index contributed by atoms with van der Waals surface area (Å²) in [6.07, 6.45) is 6.63. The minimum Gasteiger partial charge on any atom is -0.383 e. The van der Waals surface area contributed by atoms with Crippen LogP contribution in [0.5, 0.6) is 0 Å². The zero-order chi connectivity index (χ0) is 20.8. The van der Waals surface area contributed by atoms with E-state index in [4.69, 9.17) is 10.8 Å². The van der Waals surface area contributed by atoms with Crippen molar-refractivity contribution >= 4 is 27.6 Å². The molecule has 2 N–H and O–H groups in total. The standard InChI is InChI=1S/C23H26N6O/c1-3-18-20-21(24)25-13-26-22(20)28(27-18)12-17-11-15-8-6-7-14(2)19(15)23(30)29(17)16-9-4-5-10-16/h6-8,11,13,16H,3-5,9-10,12H2,1-2H3,(H2,24,25,26). The van der Waals surface area contributed by atoms with E-state index in [1.54, 1.807) is 0 Å². The highest BCUT2D eigenvalue weighted by atomic mass is 16.1. The van der Waals surface area contributed by atoms with Gasteiger partial charge in [-0.15, -0.1) is 0 Å². The van der Waals surface area contributed by atoms with Gasteiger partial charge in [0.25, 0.3) is 5.56 Å². The van der Waals surface area contributed by atoms with Gasteiger partial charge in [-0.1, -0.05) is 38.0 Å². The Hall–Kier alpha value is -3.22. The van der Waals surface area contributed by atoms with Crippen LogP contribution in [0.4, 0.5) is 5.82 Å². The lowest BCUT2D eigenvalue weighted by Crippen LogP contribution is -2.28. The van der Waals surface area contributed by atoms with Gasteiger partial charge >= 0.3 is 0 Å². The van der Waals surface area contributed by atoms with Crippen LogP contribution in [0.2, 0.25) is 0 Å². The quantitative estimate of drug-likeness (QED) is 0.561. The molecule has 0 bridgehead atoms. The van der Waals surface area contributed by atoms with E-state index in [9.17, 15) is 4.79 Å². The molecule has 3 aromatic heterocycles. The maximum Gasteiger partial charge on any atom is 0.259 e. The highest BCUT2D eigenvalue weighted by Gasteiger charge is 2.23. The average molecular weight is 403 g/mol. The van der Waals surface area contributed by atoms with Gasteiger partial charge in [-0.2, -0.15) is 5.10 Å². The monoisotopic (exact) mass is 402 g/mol. The van der Waals surface area contributed by atoms with Gasteiger partial charge in [0.15, 0.2) is 5.65 Å². The summed E-state index contributed by atoms with van der Waals surface area (Å²) in [5, 5.41) is 7.39. The summed E-state index contributed by atoms with van der Waals surface area (Å²) < 4.78 is 3.89. The van der Waals surface area contributed by atoms with Gasteiger partial charge in [-0.05, 0) is 43.2 Å². The molecular formula is C23H26N6O. The molecule has 1 aliphatic rings. The average Bonchev–Trinajstić information content (AvgIpc) is 3.37. The van der Waals surface area contributed by atoms with Crippen LogP contribution in [0.3, 0.4) is 0 Å². The van der Waals surface area contributed by atoms with Crippen molar-refractivity contribution in [1.29, 1.82) is 0 Å². The van der Waals surface area contributed by atoms with E-state index in [0.717, 1.165) is 65.2 Å². The molecule has 0 amide bonds. The molecule has 30 heavy (non-hydrogen) atoms. The maximum absolute atomic E-state index is 13.6. The molecule has 0 spiro atoms. The van der Waals surface area contributed by atoms with Crippen molar-refractivity contribution in [3.05, 3.63) is 57.9 Å². The molecule has 3 heterocycles. The minimum atomic E-state index is 0.105. The number of nitrogens with zero attached hydrogens (tertiary/aromatic N) is 5. The number of rotatable bonds is 4. The molecule has 4 aromatic rings. The van der Waals surface area contributed by atoms with Gasteiger partial charge < -0.3 is 10.3 Å². The molecular weight excluding hydrogens is 376 g/mol. The molecule has 0 unspecified atom stereocenters. The van der Waals surface area contributed by atoms with Crippen molar-refractivity contribution < 1.29 is 0 Å². The Labute approximate surface area is 174 Å². The Morgan fingerprint density at radius 3 is 2.73 bits per heavy atom. The first-order valence-electron chi connectivity index (χ1n) is 10.7. The fraction of sp³-hybridized carbons (Fsp3) is 0.391. The Balaban J connectivity index is 1.73. The second-order valence-corrected chi connectivity index (χ2v) is 8.20. The molecule has 7 nitrogen and oxygen atoms in total. The molecule has 0 aliphatic heterocycles. The van der Waals surface area contributed by atoms with E-state index in [1.807, 2.05) is 41.3 Å². The van der Waals surface area contributed by atoms with E-state index in [0.29, 0.717) is 18.0 Å². The SMILES string of the molecule is CCc1nn(Cc2cc3cccc(C)c3c(=O)n2C2CCCC2)c2ncnc(N)c12. The molecule has 1 aromatic carbocycles. The highest BCUT2D eigenvalue weighted by Crippen LogP contribution is 2.31. The fourth-order valence-electron chi connectivity index (χ4n) is 4.90. The summed E-state index contributed by atoms with van der Waals surface area (Å²) in [6.45, 7) is 4.53. The van der Waals surface area contributed by atoms with Crippen LogP contribution in [-0.4, -0.2) is 24.3 Å². The lowest BCUT2D eigenvalue weighted by Gasteiger charge is -2.21. The van der Waals surface area contributed by atoms with Crippen molar-refractivity contribution in [2.45, 2.75) is 58.5 Å². The van der Waals surface area contributed by atoms with E-state index < -0.39 is 0 Å². The topological polar surface area (TPSA) is 91.6 Å². The van der Waals surface area contributed by atoms with Crippen LogP contribution in [-0.2, 0) is 13.0 Å². The van der Waals surface area contributed by atoms with Gasteiger partial charge in [0.05, 0.1) is 23.0 Å². The number of benzene rings is 1. The maximum atomic E-state index is 13.6. The second kappa shape index (κ2) is 7.23. The number of hydrogen-bond acceptors (Lipinski definition) is 5. The number of aryl methyl sites for hydroxylation is 2. The molecule has 1 aliphatic carbocycles. The number of anilines is 1. The lowest BCUT2D eigenvalue weighted by molar-refractivity contribution is 0.475. The summed E-state index contributed by atoms with van der Waals surface area (Å²) in [7, 11) is 0. The molecule has 1 fully saturated rings. The van der Waals surface area contributed by atoms with Crippen LogP contribution in [0.25, 0.3) is 21.8 Å².